The first-order valence-electron chi connectivity index (χ1n) is 5.60. The van der Waals surface area contributed by atoms with Crippen molar-refractivity contribution >= 4 is 10.9 Å². The van der Waals surface area contributed by atoms with E-state index in [0.717, 1.165) is 12.1 Å². The van der Waals surface area contributed by atoms with E-state index in [-0.39, 0.29) is 0 Å². The molecule has 3 rings (SSSR count). The maximum atomic E-state index is 4.45. The largest absolute Gasteiger partial charge is 0.354 e. The van der Waals surface area contributed by atoms with Crippen LogP contribution in [0, 0.1) is 6.33 Å². The zero-order chi connectivity index (χ0) is 11.7. The monoisotopic (exact) mass is 223 g/mol. The van der Waals surface area contributed by atoms with Crippen LogP contribution in [-0.2, 0) is 13.6 Å². The molecule has 3 heteroatoms. The van der Waals surface area contributed by atoms with Crippen molar-refractivity contribution in [3.8, 4) is 0 Å². The molecule has 84 valence electrons. The molecule has 17 heavy (non-hydrogen) atoms. The number of imidazole rings is 1. The highest BCUT2D eigenvalue weighted by Gasteiger charge is 2.03. The van der Waals surface area contributed by atoms with Crippen molar-refractivity contribution < 1.29 is 4.57 Å². The summed E-state index contributed by atoms with van der Waals surface area (Å²) in [6.07, 6.45) is 9.03. The third-order valence-electron chi connectivity index (χ3n) is 2.81. The van der Waals surface area contributed by atoms with Gasteiger partial charge in [0.25, 0.3) is 0 Å². The third kappa shape index (κ3) is 1.91. The van der Waals surface area contributed by atoms with Crippen molar-refractivity contribution in [2.45, 2.75) is 6.54 Å². The summed E-state index contributed by atoms with van der Waals surface area (Å²) in [6.45, 7) is 0.801. The molecule has 0 saturated heterocycles. The van der Waals surface area contributed by atoms with Gasteiger partial charge in [-0.2, -0.15) is 0 Å². The molecule has 0 fully saturated rings. The van der Waals surface area contributed by atoms with Crippen LogP contribution in [0.3, 0.4) is 0 Å². The van der Waals surface area contributed by atoms with Crippen LogP contribution in [0.5, 0.6) is 0 Å². The first-order chi connectivity index (χ1) is 8.33. The van der Waals surface area contributed by atoms with E-state index in [1.165, 1.54) is 10.9 Å². The van der Waals surface area contributed by atoms with Crippen LogP contribution < -0.4 is 4.57 Å². The molecule has 3 aromatic rings. The molecule has 0 aliphatic rings. The van der Waals surface area contributed by atoms with E-state index in [0.29, 0.717) is 0 Å². The Morgan fingerprint density at radius 2 is 2.18 bits per heavy atom. The summed E-state index contributed by atoms with van der Waals surface area (Å²) in [7, 11) is 1.97. The van der Waals surface area contributed by atoms with Crippen LogP contribution in [0.4, 0.5) is 0 Å². The third-order valence-corrected chi connectivity index (χ3v) is 2.81. The van der Waals surface area contributed by atoms with Crippen LogP contribution in [0.1, 0.15) is 5.56 Å². The molecule has 0 radical (unpaired) electrons. The van der Waals surface area contributed by atoms with Gasteiger partial charge >= 0.3 is 0 Å². The lowest BCUT2D eigenvalue weighted by atomic mass is 10.1. The Bertz CT molecular complexity index is 650. The average Bonchev–Trinajstić information content (AvgIpc) is 2.75. The van der Waals surface area contributed by atoms with Crippen molar-refractivity contribution in [2.24, 2.45) is 7.05 Å². The second-order valence-electron chi connectivity index (χ2n) is 4.13. The number of hydrogen-bond acceptors (Lipinski definition) is 1. The molecule has 0 aliphatic carbocycles. The standard InChI is InChI=1S/C14H13N3/c1-16-8-9-17(11-16)10-13-5-2-4-12-6-3-7-15-14(12)13/h2-9H,10H2,1H3. The minimum absolute atomic E-state index is 0.801. The smallest absolute Gasteiger partial charge is 0.203 e. The molecule has 0 amide bonds. The van der Waals surface area contributed by atoms with E-state index in [1.54, 1.807) is 0 Å². The van der Waals surface area contributed by atoms with E-state index in [4.69, 9.17) is 0 Å². The number of fused-ring (bicyclic) bond motifs is 1. The minimum Gasteiger partial charge on any atom is -0.354 e. The van der Waals surface area contributed by atoms with Gasteiger partial charge in [0.2, 0.25) is 6.33 Å². The van der Waals surface area contributed by atoms with Gasteiger partial charge in [-0.1, -0.05) is 24.3 Å². The fourth-order valence-electron chi connectivity index (χ4n) is 2.02. The molecule has 0 N–H and O–H groups in total. The zero-order valence-electron chi connectivity index (χ0n) is 9.67. The van der Waals surface area contributed by atoms with Gasteiger partial charge in [-0.3, -0.25) is 4.98 Å². The predicted molar refractivity (Wildman–Crippen MR) is 65.3 cm³/mol. The Morgan fingerprint density at radius 3 is 3.00 bits per heavy atom. The van der Waals surface area contributed by atoms with E-state index in [9.17, 15) is 0 Å². The van der Waals surface area contributed by atoms with Crippen molar-refractivity contribution in [3.63, 3.8) is 0 Å². The molecule has 2 heterocycles. The van der Waals surface area contributed by atoms with Crippen molar-refractivity contribution in [1.82, 2.24) is 9.55 Å². The molecule has 3 nitrogen and oxygen atoms in total. The van der Waals surface area contributed by atoms with Gasteiger partial charge < -0.3 is 9.13 Å². The number of hydrogen-bond donors (Lipinski definition) is 0. The molecule has 0 aliphatic heterocycles. The summed E-state index contributed by atoms with van der Waals surface area (Å²) in [5.41, 5.74) is 2.29. The van der Waals surface area contributed by atoms with Crippen molar-refractivity contribution in [1.29, 1.82) is 0 Å². The molecular formula is C14H13N3. The fourth-order valence-corrected chi connectivity index (χ4v) is 2.02. The van der Waals surface area contributed by atoms with Gasteiger partial charge in [-0.25, -0.2) is 0 Å². The Balaban J connectivity index is 2.05. The van der Waals surface area contributed by atoms with Gasteiger partial charge in [0.15, 0.2) is 0 Å². The summed E-state index contributed by atoms with van der Waals surface area (Å²) < 4.78 is 3.95. The molecule has 0 atom stereocenters. The van der Waals surface area contributed by atoms with E-state index in [1.807, 2.05) is 40.8 Å². The van der Waals surface area contributed by atoms with Gasteiger partial charge in [-0.05, 0) is 18.5 Å². The SMILES string of the molecule is C[n+]1[c-]n(Cc2cccc3cccnc23)cc1. The van der Waals surface area contributed by atoms with Crippen LogP contribution >= 0.6 is 0 Å². The van der Waals surface area contributed by atoms with Crippen molar-refractivity contribution in [2.75, 3.05) is 0 Å². The number of rotatable bonds is 2. The average molecular weight is 223 g/mol. The lowest BCUT2D eigenvalue weighted by Crippen LogP contribution is -2.24. The number of aryl methyl sites for hydroxylation is 1. The summed E-state index contributed by atoms with van der Waals surface area (Å²) in [5, 5.41) is 1.18. The highest BCUT2D eigenvalue weighted by Crippen LogP contribution is 2.16. The number of para-hydroxylation sites is 1. The van der Waals surface area contributed by atoms with Crippen LogP contribution in [-0.4, -0.2) is 9.55 Å². The summed E-state index contributed by atoms with van der Waals surface area (Å²) >= 11 is 0. The Morgan fingerprint density at radius 1 is 1.29 bits per heavy atom. The second-order valence-corrected chi connectivity index (χ2v) is 4.13. The Hall–Kier alpha value is -2.16. The van der Waals surface area contributed by atoms with Gasteiger partial charge in [0.05, 0.1) is 19.1 Å². The van der Waals surface area contributed by atoms with Crippen molar-refractivity contribution in [3.05, 3.63) is 60.8 Å². The fraction of sp³-hybridized carbons (Fsp3) is 0.143. The highest BCUT2D eigenvalue weighted by atomic mass is 15.1. The quantitative estimate of drug-likeness (QED) is 0.479. The number of aromatic nitrogens is 3. The summed E-state index contributed by atoms with van der Waals surface area (Å²) in [5.74, 6) is 0. The Labute approximate surface area is 100.0 Å². The first-order valence-corrected chi connectivity index (χ1v) is 5.60. The second kappa shape index (κ2) is 4.01. The first kappa shape index (κ1) is 10.0. The lowest BCUT2D eigenvalue weighted by molar-refractivity contribution is -0.675. The molecular weight excluding hydrogens is 210 g/mol. The van der Waals surface area contributed by atoms with E-state index >= 15 is 0 Å². The van der Waals surface area contributed by atoms with Gasteiger partial charge in [0.1, 0.15) is 0 Å². The zero-order valence-corrected chi connectivity index (χ0v) is 9.67. The van der Waals surface area contributed by atoms with Gasteiger partial charge in [0, 0.05) is 17.1 Å². The normalized spacial score (nSPS) is 10.9. The molecule has 1 aromatic carbocycles. The Kier molecular flexibility index (Phi) is 2.37. The molecule has 0 unspecified atom stereocenters. The molecule has 0 bridgehead atoms. The van der Waals surface area contributed by atoms with Gasteiger partial charge in [-0.15, -0.1) is 0 Å². The number of pyridine rings is 1. The van der Waals surface area contributed by atoms with E-state index in [2.05, 4.69) is 35.6 Å². The summed E-state index contributed by atoms with van der Waals surface area (Å²) in [6, 6.07) is 10.3. The van der Waals surface area contributed by atoms with Crippen LogP contribution in [0.25, 0.3) is 10.9 Å². The maximum Gasteiger partial charge on any atom is 0.203 e. The molecule has 0 spiro atoms. The topological polar surface area (TPSA) is 21.7 Å². The maximum absolute atomic E-state index is 4.45. The van der Waals surface area contributed by atoms with Crippen LogP contribution in [0.15, 0.2) is 48.9 Å². The van der Waals surface area contributed by atoms with E-state index < -0.39 is 0 Å². The number of benzene rings is 1. The highest BCUT2D eigenvalue weighted by molar-refractivity contribution is 5.81. The molecule has 2 aromatic heterocycles. The summed E-state index contributed by atoms with van der Waals surface area (Å²) in [4.78, 5) is 4.45. The predicted octanol–water partition coefficient (Wildman–Crippen LogP) is 1.71. The number of nitrogens with zero attached hydrogens (tertiary/aromatic N) is 3. The lowest BCUT2D eigenvalue weighted by Gasteiger charge is -2.05. The van der Waals surface area contributed by atoms with Crippen LogP contribution in [0.2, 0.25) is 0 Å². The minimum atomic E-state index is 0.801. The molecule has 0 saturated carbocycles.